The van der Waals surface area contributed by atoms with Crippen LogP contribution < -0.4 is 0 Å². The molecule has 3 nitrogen and oxygen atoms in total. The molecule has 0 aromatic carbocycles. The SMILES string of the molecule is CC(C)Cc1cc(=S)nc(C2CSCCO2)[nH]1. The average molecular weight is 270 g/mol. The molecule has 0 saturated carbocycles. The number of thioether (sulfide) groups is 1. The van der Waals surface area contributed by atoms with Gasteiger partial charge in [-0.15, -0.1) is 0 Å². The molecule has 1 aromatic heterocycles. The molecule has 0 aliphatic carbocycles. The highest BCUT2D eigenvalue weighted by molar-refractivity contribution is 7.99. The van der Waals surface area contributed by atoms with E-state index in [1.807, 2.05) is 17.8 Å². The van der Waals surface area contributed by atoms with Gasteiger partial charge in [0.1, 0.15) is 16.6 Å². The fourth-order valence-corrected chi connectivity index (χ4v) is 2.97. The molecule has 1 saturated heterocycles. The van der Waals surface area contributed by atoms with Gasteiger partial charge in [-0.3, -0.25) is 0 Å². The van der Waals surface area contributed by atoms with E-state index in [4.69, 9.17) is 17.0 Å². The van der Waals surface area contributed by atoms with Gasteiger partial charge in [-0.05, 0) is 18.4 Å². The third kappa shape index (κ3) is 3.79. The molecule has 1 aromatic rings. The van der Waals surface area contributed by atoms with Crippen LogP contribution in [0.25, 0.3) is 0 Å². The monoisotopic (exact) mass is 270 g/mol. The predicted octanol–water partition coefficient (Wildman–Crippen LogP) is 3.14. The van der Waals surface area contributed by atoms with E-state index in [0.29, 0.717) is 10.6 Å². The maximum Gasteiger partial charge on any atom is 0.138 e. The second kappa shape index (κ2) is 5.98. The minimum Gasteiger partial charge on any atom is -0.369 e. The molecule has 0 amide bonds. The third-order valence-corrected chi connectivity index (χ3v) is 3.77. The Morgan fingerprint density at radius 3 is 3.12 bits per heavy atom. The van der Waals surface area contributed by atoms with Crippen molar-refractivity contribution in [3.05, 3.63) is 22.2 Å². The van der Waals surface area contributed by atoms with E-state index in [-0.39, 0.29) is 6.10 Å². The average Bonchev–Trinajstić information content (AvgIpc) is 2.28. The first kappa shape index (κ1) is 13.1. The zero-order valence-corrected chi connectivity index (χ0v) is 11.9. The molecule has 0 spiro atoms. The van der Waals surface area contributed by atoms with Crippen LogP contribution in [-0.4, -0.2) is 28.1 Å². The molecular weight excluding hydrogens is 252 g/mol. The Labute approximate surface area is 111 Å². The van der Waals surface area contributed by atoms with Crippen LogP contribution in [0, 0.1) is 10.6 Å². The second-order valence-corrected chi connectivity index (χ2v) is 6.23. The fraction of sp³-hybridized carbons (Fsp3) is 0.667. The summed E-state index contributed by atoms with van der Waals surface area (Å²) >= 11 is 7.12. The Morgan fingerprint density at radius 1 is 1.65 bits per heavy atom. The molecule has 94 valence electrons. The van der Waals surface area contributed by atoms with Gasteiger partial charge in [0.25, 0.3) is 0 Å². The summed E-state index contributed by atoms with van der Waals surface area (Å²) in [5.74, 6) is 3.53. The molecule has 1 N–H and O–H groups in total. The number of H-pyrrole nitrogens is 1. The lowest BCUT2D eigenvalue weighted by atomic mass is 10.1. The Morgan fingerprint density at radius 2 is 2.47 bits per heavy atom. The van der Waals surface area contributed by atoms with Crippen LogP contribution in [0.15, 0.2) is 6.07 Å². The number of rotatable bonds is 3. The highest BCUT2D eigenvalue weighted by atomic mass is 32.2. The number of nitrogens with one attached hydrogen (secondary N) is 1. The first-order valence-electron chi connectivity index (χ1n) is 5.94. The highest BCUT2D eigenvalue weighted by Crippen LogP contribution is 2.24. The normalized spacial score (nSPS) is 20.8. The van der Waals surface area contributed by atoms with Crippen molar-refractivity contribution in [3.8, 4) is 0 Å². The van der Waals surface area contributed by atoms with Crippen LogP contribution in [0.3, 0.4) is 0 Å². The minimum atomic E-state index is 0.0718. The summed E-state index contributed by atoms with van der Waals surface area (Å²) in [5, 5.41) is 0. The largest absolute Gasteiger partial charge is 0.369 e. The van der Waals surface area contributed by atoms with Gasteiger partial charge in [0.2, 0.25) is 0 Å². The van der Waals surface area contributed by atoms with Crippen molar-refractivity contribution in [3.63, 3.8) is 0 Å². The zero-order chi connectivity index (χ0) is 12.3. The van der Waals surface area contributed by atoms with Crippen molar-refractivity contribution < 1.29 is 4.74 Å². The van der Waals surface area contributed by atoms with Crippen molar-refractivity contribution >= 4 is 24.0 Å². The maximum atomic E-state index is 5.72. The molecule has 17 heavy (non-hydrogen) atoms. The van der Waals surface area contributed by atoms with Crippen LogP contribution in [-0.2, 0) is 11.2 Å². The van der Waals surface area contributed by atoms with E-state index in [2.05, 4.69) is 23.8 Å². The van der Waals surface area contributed by atoms with Crippen molar-refractivity contribution in [1.82, 2.24) is 9.97 Å². The van der Waals surface area contributed by atoms with Crippen LogP contribution in [0.2, 0.25) is 0 Å². The Balaban J connectivity index is 2.21. The molecule has 2 heterocycles. The van der Waals surface area contributed by atoms with Crippen LogP contribution in [0.5, 0.6) is 0 Å². The Kier molecular flexibility index (Phi) is 4.59. The van der Waals surface area contributed by atoms with E-state index >= 15 is 0 Å². The highest BCUT2D eigenvalue weighted by Gasteiger charge is 2.18. The molecule has 1 fully saturated rings. The topological polar surface area (TPSA) is 37.9 Å². The molecule has 2 rings (SSSR count). The third-order valence-electron chi connectivity index (χ3n) is 2.57. The number of ether oxygens (including phenoxy) is 1. The lowest BCUT2D eigenvalue weighted by Gasteiger charge is -2.22. The van der Waals surface area contributed by atoms with Gasteiger partial charge < -0.3 is 9.72 Å². The molecule has 1 unspecified atom stereocenters. The lowest BCUT2D eigenvalue weighted by Crippen LogP contribution is -2.19. The van der Waals surface area contributed by atoms with Crippen molar-refractivity contribution in [1.29, 1.82) is 0 Å². The van der Waals surface area contributed by atoms with Crippen molar-refractivity contribution in [2.45, 2.75) is 26.4 Å². The quantitative estimate of drug-likeness (QED) is 0.856. The number of hydrogen-bond acceptors (Lipinski definition) is 4. The maximum absolute atomic E-state index is 5.72. The van der Waals surface area contributed by atoms with Gasteiger partial charge in [0.05, 0.1) is 6.61 Å². The lowest BCUT2D eigenvalue weighted by molar-refractivity contribution is 0.0691. The molecule has 5 heteroatoms. The standard InChI is InChI=1S/C12H18N2OS2/c1-8(2)5-9-6-11(16)14-12(13-9)10-7-17-4-3-15-10/h6,8,10H,3-5,7H2,1-2H3,(H,13,14,16). The van der Waals surface area contributed by atoms with E-state index in [1.165, 1.54) is 0 Å². The van der Waals surface area contributed by atoms with Crippen LogP contribution >= 0.6 is 24.0 Å². The molecule has 0 radical (unpaired) electrons. The summed E-state index contributed by atoms with van der Waals surface area (Å²) in [5.41, 5.74) is 1.16. The van der Waals surface area contributed by atoms with E-state index in [0.717, 1.165) is 36.1 Å². The molecule has 1 aliphatic heterocycles. The minimum absolute atomic E-state index is 0.0718. The number of aromatic amines is 1. The smallest absolute Gasteiger partial charge is 0.138 e. The zero-order valence-electron chi connectivity index (χ0n) is 10.2. The first-order valence-corrected chi connectivity index (χ1v) is 7.51. The molecule has 1 aliphatic rings. The Hall–Kier alpha value is -0.390. The van der Waals surface area contributed by atoms with Crippen molar-refractivity contribution in [2.24, 2.45) is 5.92 Å². The molecule has 0 bridgehead atoms. The van der Waals surface area contributed by atoms with Gasteiger partial charge in [-0.1, -0.05) is 26.1 Å². The van der Waals surface area contributed by atoms with Gasteiger partial charge in [0.15, 0.2) is 0 Å². The first-order chi connectivity index (χ1) is 8.15. The number of hydrogen-bond donors (Lipinski definition) is 1. The molecular formula is C12H18N2OS2. The fourth-order valence-electron chi connectivity index (χ4n) is 1.88. The van der Waals surface area contributed by atoms with E-state index in [1.54, 1.807) is 0 Å². The second-order valence-electron chi connectivity index (χ2n) is 4.66. The predicted molar refractivity (Wildman–Crippen MR) is 74.0 cm³/mol. The van der Waals surface area contributed by atoms with Crippen LogP contribution in [0.1, 0.15) is 31.5 Å². The summed E-state index contributed by atoms with van der Waals surface area (Å²) < 4.78 is 6.38. The summed E-state index contributed by atoms with van der Waals surface area (Å²) in [6, 6.07) is 1.95. The van der Waals surface area contributed by atoms with Gasteiger partial charge in [-0.25, -0.2) is 4.98 Å². The summed E-state index contributed by atoms with van der Waals surface area (Å²) in [4.78, 5) is 7.76. The summed E-state index contributed by atoms with van der Waals surface area (Å²) in [6.45, 7) is 5.19. The number of aromatic nitrogens is 2. The summed E-state index contributed by atoms with van der Waals surface area (Å²) in [6.07, 6.45) is 1.07. The van der Waals surface area contributed by atoms with Gasteiger partial charge >= 0.3 is 0 Å². The van der Waals surface area contributed by atoms with Gasteiger partial charge in [0, 0.05) is 17.2 Å². The Bertz CT molecular complexity index is 425. The summed E-state index contributed by atoms with van der Waals surface area (Å²) in [7, 11) is 0. The molecule has 1 atom stereocenters. The van der Waals surface area contributed by atoms with E-state index < -0.39 is 0 Å². The van der Waals surface area contributed by atoms with Crippen molar-refractivity contribution in [2.75, 3.05) is 18.1 Å². The van der Waals surface area contributed by atoms with Gasteiger partial charge in [-0.2, -0.15) is 11.8 Å². The number of nitrogens with zero attached hydrogens (tertiary/aromatic N) is 1. The van der Waals surface area contributed by atoms with Crippen LogP contribution in [0.4, 0.5) is 0 Å². The van der Waals surface area contributed by atoms with E-state index in [9.17, 15) is 0 Å².